The minimum Gasteiger partial charge on any atom is -0.363 e. The van der Waals surface area contributed by atoms with Crippen molar-refractivity contribution in [1.82, 2.24) is 15.6 Å². The van der Waals surface area contributed by atoms with Crippen LogP contribution in [0.25, 0.3) is 0 Å². The van der Waals surface area contributed by atoms with Crippen molar-refractivity contribution in [3.63, 3.8) is 0 Å². The number of urea groups is 1. The van der Waals surface area contributed by atoms with Crippen LogP contribution < -0.4 is 10.6 Å². The van der Waals surface area contributed by atoms with E-state index in [0.29, 0.717) is 0 Å². The molecule has 0 saturated carbocycles. The first kappa shape index (κ1) is 19.1. The molecule has 1 aliphatic heterocycles. The number of aromatic nitrogens is 1. The Hall–Kier alpha value is -2.65. The quantitative estimate of drug-likeness (QED) is 0.692. The number of halogens is 4. The van der Waals surface area contributed by atoms with Crippen LogP contribution in [0.1, 0.15) is 22.0 Å². The van der Waals surface area contributed by atoms with Crippen LogP contribution in [0.4, 0.5) is 18.0 Å². The van der Waals surface area contributed by atoms with Gasteiger partial charge in [0.2, 0.25) is 5.72 Å². The van der Waals surface area contributed by atoms with E-state index >= 15 is 0 Å². The second kappa shape index (κ2) is 6.82. The molecule has 142 valence electrons. The molecule has 3 atom stereocenters. The first-order valence-corrected chi connectivity index (χ1v) is 8.09. The number of amides is 2. The molecule has 0 aliphatic carbocycles. The maximum atomic E-state index is 13.7. The fourth-order valence-corrected chi connectivity index (χ4v) is 3.27. The van der Waals surface area contributed by atoms with Gasteiger partial charge in [-0.3, -0.25) is 9.78 Å². The van der Waals surface area contributed by atoms with Crippen LogP contribution in [-0.2, 0) is 0 Å². The van der Waals surface area contributed by atoms with Crippen molar-refractivity contribution >= 4 is 23.4 Å². The van der Waals surface area contributed by atoms with E-state index in [1.165, 1.54) is 41.8 Å². The number of pyridine rings is 1. The largest absolute Gasteiger partial charge is 0.437 e. The van der Waals surface area contributed by atoms with Crippen molar-refractivity contribution < 1.29 is 27.9 Å². The fraction of sp³-hybridized carbons (Fsp3) is 0.235. The lowest BCUT2D eigenvalue weighted by atomic mass is 9.77. The van der Waals surface area contributed by atoms with E-state index in [0.717, 1.165) is 6.20 Å². The molecule has 2 aromatic rings. The Morgan fingerprint density at radius 1 is 1.22 bits per heavy atom. The van der Waals surface area contributed by atoms with Gasteiger partial charge in [-0.1, -0.05) is 29.8 Å². The summed E-state index contributed by atoms with van der Waals surface area (Å²) in [7, 11) is 0. The Balaban J connectivity index is 2.19. The van der Waals surface area contributed by atoms with Gasteiger partial charge >= 0.3 is 12.2 Å². The van der Waals surface area contributed by atoms with Crippen molar-refractivity contribution in [1.29, 1.82) is 0 Å². The van der Waals surface area contributed by atoms with Crippen molar-refractivity contribution in [3.05, 3.63) is 64.9 Å². The Morgan fingerprint density at radius 3 is 2.52 bits per heavy atom. The van der Waals surface area contributed by atoms with Crippen LogP contribution in [0, 0.1) is 5.92 Å². The molecule has 2 heterocycles. The lowest BCUT2D eigenvalue weighted by molar-refractivity contribution is -0.287. The van der Waals surface area contributed by atoms with Crippen LogP contribution in [-0.4, -0.2) is 33.8 Å². The number of ketones is 1. The minimum absolute atomic E-state index is 0.0400. The predicted molar refractivity (Wildman–Crippen MR) is 88.9 cm³/mol. The van der Waals surface area contributed by atoms with Crippen molar-refractivity contribution in [3.8, 4) is 0 Å². The lowest BCUT2D eigenvalue weighted by Crippen LogP contribution is -2.72. The summed E-state index contributed by atoms with van der Waals surface area (Å²) in [4.78, 5) is 28.5. The molecule has 0 spiro atoms. The number of nitrogens with one attached hydrogen (secondary N) is 2. The number of hydrogen-bond donors (Lipinski definition) is 3. The summed E-state index contributed by atoms with van der Waals surface area (Å²) in [6, 6.07) is 5.66. The van der Waals surface area contributed by atoms with Gasteiger partial charge in [-0.25, -0.2) is 4.79 Å². The molecule has 0 radical (unpaired) electrons. The number of benzene rings is 1. The molecule has 3 N–H and O–H groups in total. The summed E-state index contributed by atoms with van der Waals surface area (Å²) in [5, 5.41) is 14.2. The molecular weight excluding hydrogens is 387 g/mol. The minimum atomic E-state index is -5.33. The first-order chi connectivity index (χ1) is 12.6. The predicted octanol–water partition coefficient (Wildman–Crippen LogP) is 2.84. The zero-order chi connectivity index (χ0) is 19.8. The third kappa shape index (κ3) is 3.35. The molecule has 1 aliphatic rings. The molecule has 1 saturated heterocycles. The summed E-state index contributed by atoms with van der Waals surface area (Å²) in [5.41, 5.74) is -3.88. The highest BCUT2D eigenvalue weighted by Crippen LogP contribution is 2.44. The second-order valence-electron chi connectivity index (χ2n) is 5.95. The molecular formula is C17H13ClF3N3O3. The third-order valence-electron chi connectivity index (χ3n) is 4.28. The van der Waals surface area contributed by atoms with Crippen molar-refractivity contribution in [2.75, 3.05) is 0 Å². The Morgan fingerprint density at radius 2 is 1.93 bits per heavy atom. The smallest absolute Gasteiger partial charge is 0.363 e. The summed E-state index contributed by atoms with van der Waals surface area (Å²) in [6.45, 7) is 0. The van der Waals surface area contributed by atoms with E-state index < -0.39 is 35.7 Å². The zero-order valence-corrected chi connectivity index (χ0v) is 14.3. The Kier molecular flexibility index (Phi) is 4.83. The van der Waals surface area contributed by atoms with E-state index in [9.17, 15) is 27.9 Å². The maximum Gasteiger partial charge on any atom is 0.437 e. The maximum absolute atomic E-state index is 13.7. The number of aliphatic hydroxyl groups is 1. The third-order valence-corrected chi connectivity index (χ3v) is 4.62. The van der Waals surface area contributed by atoms with Gasteiger partial charge in [0.25, 0.3) is 0 Å². The molecule has 1 fully saturated rings. The Labute approximate surface area is 156 Å². The number of nitrogens with zero attached hydrogens (tertiary/aromatic N) is 1. The van der Waals surface area contributed by atoms with Crippen molar-refractivity contribution in [2.24, 2.45) is 5.92 Å². The van der Waals surface area contributed by atoms with Crippen molar-refractivity contribution in [2.45, 2.75) is 17.9 Å². The average Bonchev–Trinajstić information content (AvgIpc) is 2.61. The Bertz CT molecular complexity index is 878. The molecule has 0 unspecified atom stereocenters. The fourth-order valence-electron chi connectivity index (χ4n) is 3.01. The van der Waals surface area contributed by atoms with Gasteiger partial charge in [0, 0.05) is 23.0 Å². The highest BCUT2D eigenvalue weighted by atomic mass is 35.5. The summed E-state index contributed by atoms with van der Waals surface area (Å²) in [5.74, 6) is -3.19. The van der Waals surface area contributed by atoms with Gasteiger partial charge < -0.3 is 15.7 Å². The van der Waals surface area contributed by atoms with Crippen LogP contribution in [0.3, 0.4) is 0 Å². The van der Waals surface area contributed by atoms with Crippen LogP contribution in [0.15, 0.2) is 48.8 Å². The molecule has 27 heavy (non-hydrogen) atoms. The van der Waals surface area contributed by atoms with E-state index in [2.05, 4.69) is 10.3 Å². The lowest BCUT2D eigenvalue weighted by Gasteiger charge is -2.45. The molecule has 0 bridgehead atoms. The van der Waals surface area contributed by atoms with E-state index in [-0.39, 0.29) is 16.1 Å². The molecule has 1 aromatic carbocycles. The molecule has 10 heteroatoms. The molecule has 6 nitrogen and oxygen atoms in total. The number of carbonyl (C=O) groups excluding carboxylic acids is 2. The topological polar surface area (TPSA) is 91.3 Å². The van der Waals surface area contributed by atoms with Crippen LogP contribution >= 0.6 is 11.6 Å². The van der Waals surface area contributed by atoms with Crippen LogP contribution in [0.2, 0.25) is 5.02 Å². The number of alkyl halides is 3. The first-order valence-electron chi connectivity index (χ1n) is 7.71. The van der Waals surface area contributed by atoms with E-state index in [4.69, 9.17) is 11.6 Å². The zero-order valence-electron chi connectivity index (χ0n) is 13.5. The number of rotatable bonds is 3. The SMILES string of the molecule is O=C1N[C@@H](c2ccccc2Cl)[C@H](C(=O)c2cccnc2)[C@@](O)(C(F)(F)F)N1. The highest BCUT2D eigenvalue weighted by Gasteiger charge is 2.66. The average molecular weight is 400 g/mol. The van der Waals surface area contributed by atoms with Gasteiger partial charge in [-0.05, 0) is 23.8 Å². The molecule has 1 aromatic heterocycles. The monoisotopic (exact) mass is 399 g/mol. The van der Waals surface area contributed by atoms with Gasteiger partial charge in [-0.15, -0.1) is 0 Å². The summed E-state index contributed by atoms with van der Waals surface area (Å²) < 4.78 is 41.2. The van der Waals surface area contributed by atoms with E-state index in [1.54, 1.807) is 6.07 Å². The van der Waals surface area contributed by atoms with E-state index in [1.807, 2.05) is 0 Å². The van der Waals surface area contributed by atoms with Crippen LogP contribution in [0.5, 0.6) is 0 Å². The van der Waals surface area contributed by atoms with Gasteiger partial charge in [-0.2, -0.15) is 13.2 Å². The molecule has 3 rings (SSSR count). The normalized spacial score (nSPS) is 25.4. The van der Waals surface area contributed by atoms with Gasteiger partial charge in [0.15, 0.2) is 5.78 Å². The standard InChI is InChI=1S/C17H13ClF3N3O3/c18-11-6-2-1-5-10(11)13-12(14(25)9-4-3-7-22-8-9)16(27,17(19,20)21)24-15(26)23-13/h1-8,12-13,27H,(H2,23,24,26)/t12-,13+,16-/m1/s1. The van der Waals surface area contributed by atoms with Gasteiger partial charge in [0.05, 0.1) is 6.04 Å². The highest BCUT2D eigenvalue weighted by molar-refractivity contribution is 6.31. The number of hydrogen-bond acceptors (Lipinski definition) is 4. The summed E-state index contributed by atoms with van der Waals surface area (Å²) in [6.07, 6.45) is -2.90. The summed E-state index contributed by atoms with van der Waals surface area (Å²) >= 11 is 6.07. The molecule has 2 amide bonds. The second-order valence-corrected chi connectivity index (χ2v) is 6.35. The number of Topliss-reactive ketones (excluding diaryl/α,β-unsaturated/α-hetero) is 1. The van der Waals surface area contributed by atoms with Gasteiger partial charge in [0.1, 0.15) is 5.92 Å². The number of carbonyl (C=O) groups is 2.